The van der Waals surface area contributed by atoms with Crippen LogP contribution in [0.4, 0.5) is 0 Å². The Kier molecular flexibility index (Phi) is 4.52. The molecule has 3 aromatic rings. The van der Waals surface area contributed by atoms with Gasteiger partial charge < -0.3 is 4.43 Å². The highest BCUT2D eigenvalue weighted by Gasteiger charge is 2.18. The Hall–Kier alpha value is -2.16. The van der Waals surface area contributed by atoms with E-state index in [0.29, 0.717) is 0 Å². The van der Waals surface area contributed by atoms with E-state index in [-0.39, 0.29) is 6.10 Å². The van der Waals surface area contributed by atoms with Gasteiger partial charge in [-0.3, -0.25) is 0 Å². The summed E-state index contributed by atoms with van der Waals surface area (Å²) in [6.45, 7) is 6.09. The van der Waals surface area contributed by atoms with Crippen molar-refractivity contribution in [2.24, 2.45) is 0 Å². The molecule has 1 nitrogen and oxygen atoms in total. The van der Waals surface area contributed by atoms with E-state index in [4.69, 9.17) is 4.43 Å². The van der Waals surface area contributed by atoms with E-state index in [9.17, 15) is 0 Å². The van der Waals surface area contributed by atoms with Gasteiger partial charge in [0.15, 0.2) is 0 Å². The number of rotatable bonds is 5. The van der Waals surface area contributed by atoms with Crippen molar-refractivity contribution in [1.29, 1.82) is 0 Å². The fourth-order valence-corrected chi connectivity index (χ4v) is 4.19. The Morgan fingerprint density at radius 1 is 0.909 bits per heavy atom. The van der Waals surface area contributed by atoms with Crippen LogP contribution in [0.1, 0.15) is 18.6 Å². The van der Waals surface area contributed by atoms with Gasteiger partial charge >= 0.3 is 0 Å². The molecule has 0 aromatic heterocycles. The minimum atomic E-state index is -1.21. The molecule has 1 atom stereocenters. The lowest BCUT2D eigenvalue weighted by molar-refractivity contribution is 0.238. The van der Waals surface area contributed by atoms with Crippen molar-refractivity contribution in [2.45, 2.75) is 13.0 Å². The van der Waals surface area contributed by atoms with Crippen LogP contribution in [0.25, 0.3) is 10.8 Å². The molecule has 0 fully saturated rings. The third-order valence-corrected chi connectivity index (χ3v) is 5.69. The van der Waals surface area contributed by atoms with Crippen LogP contribution in [-0.4, -0.2) is 9.04 Å². The average molecular weight is 303 g/mol. The van der Waals surface area contributed by atoms with Crippen molar-refractivity contribution in [3.05, 3.63) is 90.6 Å². The first-order valence-electron chi connectivity index (χ1n) is 7.48. The quantitative estimate of drug-likeness (QED) is 0.629. The van der Waals surface area contributed by atoms with Gasteiger partial charge in [0.1, 0.15) is 0 Å². The molecule has 1 unspecified atom stereocenters. The van der Waals surface area contributed by atoms with Gasteiger partial charge in [0, 0.05) is 0 Å². The molecular weight excluding hydrogens is 284 g/mol. The first-order valence-corrected chi connectivity index (χ1v) is 8.97. The molecule has 0 saturated heterocycles. The molecule has 22 heavy (non-hydrogen) atoms. The predicted octanol–water partition coefficient (Wildman–Crippen LogP) is 4.54. The molecular formula is C20H19OSi. The monoisotopic (exact) mass is 303 g/mol. The summed E-state index contributed by atoms with van der Waals surface area (Å²) in [7, 11) is -1.21. The van der Waals surface area contributed by atoms with Gasteiger partial charge in [-0.15, -0.1) is 6.58 Å². The SMILES string of the molecule is C=C[Si](OC(C)c1cccc2ccccc12)c1ccccc1. The van der Waals surface area contributed by atoms with Crippen molar-refractivity contribution in [3.8, 4) is 0 Å². The Bertz CT molecular complexity index is 762. The lowest BCUT2D eigenvalue weighted by atomic mass is 10.0. The van der Waals surface area contributed by atoms with Crippen LogP contribution in [0.15, 0.2) is 85.1 Å². The van der Waals surface area contributed by atoms with Crippen LogP contribution >= 0.6 is 0 Å². The summed E-state index contributed by atoms with van der Waals surface area (Å²) in [5, 5.41) is 3.74. The fraction of sp³-hybridized carbons (Fsp3) is 0.100. The molecule has 3 aromatic carbocycles. The molecule has 109 valence electrons. The number of hydrogen-bond donors (Lipinski definition) is 0. The molecule has 3 rings (SSSR count). The summed E-state index contributed by atoms with van der Waals surface area (Å²) in [6.07, 6.45) is 0.0400. The van der Waals surface area contributed by atoms with Gasteiger partial charge in [-0.25, -0.2) is 0 Å². The highest BCUT2D eigenvalue weighted by Crippen LogP contribution is 2.26. The zero-order valence-corrected chi connectivity index (χ0v) is 13.7. The third kappa shape index (κ3) is 3.03. The first kappa shape index (κ1) is 14.8. The minimum Gasteiger partial charge on any atom is -0.401 e. The van der Waals surface area contributed by atoms with E-state index in [1.165, 1.54) is 21.5 Å². The second-order valence-electron chi connectivity index (χ2n) is 5.26. The molecule has 0 heterocycles. The van der Waals surface area contributed by atoms with Crippen LogP contribution in [0.3, 0.4) is 0 Å². The van der Waals surface area contributed by atoms with Gasteiger partial charge in [0.2, 0.25) is 0 Å². The molecule has 0 saturated carbocycles. The van der Waals surface area contributed by atoms with Crippen molar-refractivity contribution in [3.63, 3.8) is 0 Å². The van der Waals surface area contributed by atoms with E-state index in [0.717, 1.165) is 0 Å². The predicted molar refractivity (Wildman–Crippen MR) is 95.5 cm³/mol. The number of hydrogen-bond acceptors (Lipinski definition) is 1. The van der Waals surface area contributed by atoms with Gasteiger partial charge in [-0.05, 0) is 28.4 Å². The number of benzene rings is 3. The van der Waals surface area contributed by atoms with Crippen molar-refractivity contribution < 1.29 is 4.43 Å². The van der Waals surface area contributed by atoms with Crippen molar-refractivity contribution in [1.82, 2.24) is 0 Å². The number of fused-ring (bicyclic) bond motifs is 1. The van der Waals surface area contributed by atoms with Crippen LogP contribution in [-0.2, 0) is 4.43 Å². The molecule has 0 aliphatic rings. The van der Waals surface area contributed by atoms with Gasteiger partial charge in [0.25, 0.3) is 9.04 Å². The van der Waals surface area contributed by atoms with Crippen molar-refractivity contribution >= 4 is 25.0 Å². The lowest BCUT2D eigenvalue weighted by Crippen LogP contribution is -2.32. The summed E-state index contributed by atoms with van der Waals surface area (Å²) in [5.41, 5.74) is 3.19. The van der Waals surface area contributed by atoms with E-state index in [1.807, 2.05) is 11.8 Å². The van der Waals surface area contributed by atoms with E-state index in [2.05, 4.69) is 80.2 Å². The molecule has 0 N–H and O–H groups in total. The van der Waals surface area contributed by atoms with Crippen LogP contribution in [0, 0.1) is 0 Å². The third-order valence-electron chi connectivity index (χ3n) is 3.81. The zero-order valence-electron chi connectivity index (χ0n) is 12.7. The maximum atomic E-state index is 6.36. The zero-order chi connectivity index (χ0) is 15.4. The average Bonchev–Trinajstić information content (AvgIpc) is 2.59. The summed E-state index contributed by atoms with van der Waals surface area (Å²) in [5.74, 6) is 0. The molecule has 0 aliphatic carbocycles. The van der Waals surface area contributed by atoms with Gasteiger partial charge in [-0.2, -0.15) is 0 Å². The molecule has 0 aliphatic heterocycles. The topological polar surface area (TPSA) is 9.23 Å². The Labute approximate surface area is 133 Å². The standard InChI is InChI=1S/C20H19OSi/c1-3-22(18-12-5-4-6-13-18)21-16(2)19-15-9-11-17-10-7-8-14-20(17)19/h3-16H,1H2,2H3. The van der Waals surface area contributed by atoms with Crippen molar-refractivity contribution in [2.75, 3.05) is 0 Å². The van der Waals surface area contributed by atoms with E-state index < -0.39 is 9.04 Å². The minimum absolute atomic E-state index is 0.0400. The van der Waals surface area contributed by atoms with Crippen LogP contribution < -0.4 is 5.19 Å². The summed E-state index contributed by atoms with van der Waals surface area (Å²) < 4.78 is 6.36. The molecule has 2 heteroatoms. The van der Waals surface area contributed by atoms with Crippen LogP contribution in [0.2, 0.25) is 0 Å². The van der Waals surface area contributed by atoms with E-state index >= 15 is 0 Å². The summed E-state index contributed by atoms with van der Waals surface area (Å²) in [4.78, 5) is 0. The molecule has 0 amide bonds. The molecule has 0 spiro atoms. The second-order valence-corrected chi connectivity index (χ2v) is 7.21. The van der Waals surface area contributed by atoms with Gasteiger partial charge in [-0.1, -0.05) is 78.5 Å². The Morgan fingerprint density at radius 3 is 2.36 bits per heavy atom. The summed E-state index contributed by atoms with van der Waals surface area (Å²) >= 11 is 0. The normalized spacial score (nSPS) is 12.5. The maximum Gasteiger partial charge on any atom is 0.275 e. The van der Waals surface area contributed by atoms with Gasteiger partial charge in [0.05, 0.1) is 6.10 Å². The molecule has 1 radical (unpaired) electrons. The van der Waals surface area contributed by atoms with Crippen LogP contribution in [0.5, 0.6) is 0 Å². The highest BCUT2D eigenvalue weighted by molar-refractivity contribution is 6.72. The highest BCUT2D eigenvalue weighted by atomic mass is 28.3. The Balaban J connectivity index is 1.89. The Morgan fingerprint density at radius 2 is 1.59 bits per heavy atom. The smallest absolute Gasteiger partial charge is 0.275 e. The van der Waals surface area contributed by atoms with E-state index in [1.54, 1.807) is 0 Å². The lowest BCUT2D eigenvalue weighted by Gasteiger charge is -2.20. The fourth-order valence-electron chi connectivity index (χ4n) is 2.70. The summed E-state index contributed by atoms with van der Waals surface area (Å²) in [6, 6.07) is 25.2. The maximum absolute atomic E-state index is 6.36. The second kappa shape index (κ2) is 6.73. The first-order chi connectivity index (χ1) is 10.8. The molecule has 0 bridgehead atoms. The largest absolute Gasteiger partial charge is 0.401 e.